The first kappa shape index (κ1) is 16.0. The van der Waals surface area contributed by atoms with Crippen molar-refractivity contribution in [3.05, 3.63) is 70.2 Å². The highest BCUT2D eigenvalue weighted by molar-refractivity contribution is 7.88. The zero-order valence-electron chi connectivity index (χ0n) is 12.9. The lowest BCUT2D eigenvalue weighted by Gasteiger charge is -2.21. The van der Waals surface area contributed by atoms with E-state index in [0.29, 0.717) is 11.4 Å². The molecule has 0 radical (unpaired) electrons. The molecular formula is C17H17ClN2O2S. The summed E-state index contributed by atoms with van der Waals surface area (Å²) in [6.45, 7) is 2.01. The highest BCUT2D eigenvalue weighted by atomic mass is 35.5. The van der Waals surface area contributed by atoms with E-state index in [-0.39, 0.29) is 6.04 Å². The van der Waals surface area contributed by atoms with Crippen molar-refractivity contribution < 1.29 is 8.42 Å². The van der Waals surface area contributed by atoms with Crippen LogP contribution >= 0.6 is 11.6 Å². The third kappa shape index (κ3) is 3.41. The van der Waals surface area contributed by atoms with E-state index in [0.717, 1.165) is 22.4 Å². The van der Waals surface area contributed by atoms with Crippen LogP contribution in [0.2, 0.25) is 5.02 Å². The third-order valence-electron chi connectivity index (χ3n) is 3.85. The van der Waals surface area contributed by atoms with Gasteiger partial charge in [0, 0.05) is 11.4 Å². The van der Waals surface area contributed by atoms with Gasteiger partial charge in [-0.05, 0) is 30.2 Å². The highest BCUT2D eigenvalue weighted by Gasteiger charge is 2.34. The minimum Gasteiger partial charge on any atom is -0.205 e. The predicted octanol–water partition coefficient (Wildman–Crippen LogP) is 3.76. The van der Waals surface area contributed by atoms with Gasteiger partial charge in [0.05, 0.1) is 18.0 Å². The molecule has 0 unspecified atom stereocenters. The van der Waals surface area contributed by atoms with Gasteiger partial charge in [-0.1, -0.05) is 53.6 Å². The monoisotopic (exact) mass is 348 g/mol. The van der Waals surface area contributed by atoms with Crippen molar-refractivity contribution in [3.63, 3.8) is 0 Å². The topological polar surface area (TPSA) is 49.7 Å². The van der Waals surface area contributed by atoms with Crippen molar-refractivity contribution in [1.29, 1.82) is 0 Å². The Labute approximate surface area is 141 Å². The highest BCUT2D eigenvalue weighted by Crippen LogP contribution is 2.34. The van der Waals surface area contributed by atoms with Crippen LogP contribution in [0.25, 0.3) is 0 Å². The summed E-state index contributed by atoms with van der Waals surface area (Å²) in [5, 5.41) is 4.99. The van der Waals surface area contributed by atoms with E-state index < -0.39 is 10.0 Å². The largest absolute Gasteiger partial charge is 0.247 e. The number of nitrogens with zero attached hydrogens (tertiary/aromatic N) is 2. The molecule has 0 aliphatic carbocycles. The molecule has 0 amide bonds. The summed E-state index contributed by atoms with van der Waals surface area (Å²) in [5.74, 6) is 0. The first-order valence-corrected chi connectivity index (χ1v) is 9.46. The zero-order chi connectivity index (χ0) is 16.6. The van der Waals surface area contributed by atoms with Crippen LogP contribution in [-0.4, -0.2) is 24.8 Å². The van der Waals surface area contributed by atoms with Gasteiger partial charge in [0.15, 0.2) is 0 Å². The SMILES string of the molecule is Cc1ccc(C2=NN(S(C)(=O)=O)[C@@H](c3ccc(Cl)cc3)C2)cc1. The maximum atomic E-state index is 12.1. The molecule has 120 valence electrons. The third-order valence-corrected chi connectivity index (χ3v) is 5.12. The average molecular weight is 349 g/mol. The standard InChI is InChI=1S/C17H17ClN2O2S/c1-12-3-5-13(6-4-12)16-11-17(20(19-16)23(2,21)22)14-7-9-15(18)10-8-14/h3-10,17H,11H2,1-2H3/t17-/m1/s1. The molecule has 1 aliphatic rings. The first-order valence-electron chi connectivity index (χ1n) is 7.24. The number of aryl methyl sites for hydroxylation is 1. The van der Waals surface area contributed by atoms with Crippen molar-refractivity contribution in [2.45, 2.75) is 19.4 Å². The lowest BCUT2D eigenvalue weighted by Crippen LogP contribution is -2.25. The minimum atomic E-state index is -3.45. The number of hydrogen-bond acceptors (Lipinski definition) is 3. The van der Waals surface area contributed by atoms with Gasteiger partial charge in [-0.2, -0.15) is 9.52 Å². The summed E-state index contributed by atoms with van der Waals surface area (Å²) in [4.78, 5) is 0. The number of sulfonamides is 1. The fourth-order valence-electron chi connectivity index (χ4n) is 2.65. The average Bonchev–Trinajstić information content (AvgIpc) is 2.94. The molecular weight excluding hydrogens is 332 g/mol. The van der Waals surface area contributed by atoms with Crippen LogP contribution in [0.5, 0.6) is 0 Å². The second-order valence-electron chi connectivity index (χ2n) is 5.72. The predicted molar refractivity (Wildman–Crippen MR) is 93.2 cm³/mol. The first-order chi connectivity index (χ1) is 10.8. The van der Waals surface area contributed by atoms with Crippen molar-refractivity contribution in [3.8, 4) is 0 Å². The Morgan fingerprint density at radius 2 is 1.70 bits per heavy atom. The summed E-state index contributed by atoms with van der Waals surface area (Å²) in [6, 6.07) is 14.8. The summed E-state index contributed by atoms with van der Waals surface area (Å²) in [5.41, 5.74) is 3.75. The van der Waals surface area contributed by atoms with Gasteiger partial charge >= 0.3 is 0 Å². The molecule has 1 aliphatic heterocycles. The Hall–Kier alpha value is -1.85. The fourth-order valence-corrected chi connectivity index (χ4v) is 3.68. The molecule has 6 heteroatoms. The summed E-state index contributed by atoms with van der Waals surface area (Å²) in [7, 11) is -3.45. The molecule has 4 nitrogen and oxygen atoms in total. The Morgan fingerprint density at radius 3 is 2.26 bits per heavy atom. The molecule has 23 heavy (non-hydrogen) atoms. The molecule has 1 atom stereocenters. The molecule has 0 saturated heterocycles. The Kier molecular flexibility index (Phi) is 4.17. The van der Waals surface area contributed by atoms with Crippen LogP contribution in [0.4, 0.5) is 0 Å². The van der Waals surface area contributed by atoms with Crippen LogP contribution < -0.4 is 0 Å². The summed E-state index contributed by atoms with van der Waals surface area (Å²) >= 11 is 5.92. The van der Waals surface area contributed by atoms with E-state index in [9.17, 15) is 8.42 Å². The quantitative estimate of drug-likeness (QED) is 0.848. The van der Waals surface area contributed by atoms with Gasteiger partial charge in [-0.15, -0.1) is 0 Å². The second kappa shape index (κ2) is 5.98. The second-order valence-corrected chi connectivity index (χ2v) is 8.00. The van der Waals surface area contributed by atoms with Gasteiger partial charge in [0.1, 0.15) is 0 Å². The van der Waals surface area contributed by atoms with Crippen molar-refractivity contribution in [2.75, 3.05) is 6.26 Å². The van der Waals surface area contributed by atoms with Crippen LogP contribution in [0.15, 0.2) is 53.6 Å². The molecule has 0 aromatic heterocycles. The smallest absolute Gasteiger partial charge is 0.205 e. The Morgan fingerprint density at radius 1 is 1.09 bits per heavy atom. The van der Waals surface area contributed by atoms with Crippen molar-refractivity contribution in [1.82, 2.24) is 4.41 Å². The number of hydrogen-bond donors (Lipinski definition) is 0. The van der Waals surface area contributed by atoms with Crippen molar-refractivity contribution >= 4 is 27.3 Å². The Bertz CT molecular complexity index is 843. The summed E-state index contributed by atoms with van der Waals surface area (Å²) < 4.78 is 25.4. The molecule has 0 saturated carbocycles. The maximum Gasteiger partial charge on any atom is 0.247 e. The van der Waals surface area contributed by atoms with Gasteiger partial charge in [-0.25, -0.2) is 8.42 Å². The van der Waals surface area contributed by atoms with Crippen LogP contribution in [0, 0.1) is 6.92 Å². The number of rotatable bonds is 3. The van der Waals surface area contributed by atoms with E-state index in [1.807, 2.05) is 43.3 Å². The number of benzene rings is 2. The molecule has 0 fully saturated rings. The molecule has 3 rings (SSSR count). The molecule has 0 N–H and O–H groups in total. The molecule has 1 heterocycles. The van der Waals surface area contributed by atoms with E-state index in [2.05, 4.69) is 5.10 Å². The molecule has 0 spiro atoms. The van der Waals surface area contributed by atoms with Gasteiger partial charge in [0.2, 0.25) is 10.0 Å². The lowest BCUT2D eigenvalue weighted by molar-refractivity contribution is 0.375. The van der Waals surface area contributed by atoms with Crippen LogP contribution in [-0.2, 0) is 10.0 Å². The van der Waals surface area contributed by atoms with E-state index in [1.54, 1.807) is 12.1 Å². The summed E-state index contributed by atoms with van der Waals surface area (Å²) in [6.07, 6.45) is 1.72. The molecule has 2 aromatic rings. The maximum absolute atomic E-state index is 12.1. The fraction of sp³-hybridized carbons (Fsp3) is 0.235. The van der Waals surface area contributed by atoms with E-state index >= 15 is 0 Å². The van der Waals surface area contributed by atoms with Crippen molar-refractivity contribution in [2.24, 2.45) is 5.10 Å². The molecule has 2 aromatic carbocycles. The van der Waals surface area contributed by atoms with E-state index in [1.165, 1.54) is 10.7 Å². The zero-order valence-corrected chi connectivity index (χ0v) is 14.5. The normalized spacial score (nSPS) is 18.1. The van der Waals surface area contributed by atoms with Crippen LogP contribution in [0.1, 0.15) is 29.2 Å². The van der Waals surface area contributed by atoms with Crippen LogP contribution in [0.3, 0.4) is 0 Å². The number of halogens is 1. The molecule has 0 bridgehead atoms. The van der Waals surface area contributed by atoms with Gasteiger partial charge < -0.3 is 0 Å². The Balaban J connectivity index is 1.99. The number of hydrazone groups is 1. The van der Waals surface area contributed by atoms with E-state index in [4.69, 9.17) is 11.6 Å². The van der Waals surface area contributed by atoms with Gasteiger partial charge in [-0.3, -0.25) is 0 Å². The lowest BCUT2D eigenvalue weighted by atomic mass is 9.99. The van der Waals surface area contributed by atoms with Gasteiger partial charge in [0.25, 0.3) is 0 Å². The minimum absolute atomic E-state index is 0.335.